The van der Waals surface area contributed by atoms with E-state index in [1.54, 1.807) is 17.0 Å². The Kier molecular flexibility index (Phi) is 5.25. The lowest BCUT2D eigenvalue weighted by molar-refractivity contribution is -0.141. The summed E-state index contributed by atoms with van der Waals surface area (Å²) in [5.41, 5.74) is 1.38. The highest BCUT2D eigenvalue weighted by Gasteiger charge is 2.40. The first kappa shape index (κ1) is 18.4. The Morgan fingerprint density at radius 1 is 1.18 bits per heavy atom. The van der Waals surface area contributed by atoms with Crippen molar-refractivity contribution >= 4 is 11.9 Å². The van der Waals surface area contributed by atoms with Crippen molar-refractivity contribution in [1.29, 1.82) is 0 Å². The number of nitrogens with zero attached hydrogens (tertiary/aromatic N) is 2. The van der Waals surface area contributed by atoms with Gasteiger partial charge in [0.1, 0.15) is 6.10 Å². The summed E-state index contributed by atoms with van der Waals surface area (Å²) in [6, 6.07) is 12.7. The van der Waals surface area contributed by atoms with Gasteiger partial charge in [0.25, 0.3) is 5.91 Å². The number of aliphatic carboxylic acids is 1. The third kappa shape index (κ3) is 3.84. The number of rotatable bonds is 5. The molecule has 0 radical (unpaired) electrons. The highest BCUT2D eigenvalue weighted by atomic mass is 16.5. The molecule has 0 saturated carbocycles. The van der Waals surface area contributed by atoms with E-state index in [0.29, 0.717) is 31.2 Å². The minimum Gasteiger partial charge on any atom is -0.481 e. The minimum atomic E-state index is -0.885. The lowest BCUT2D eigenvalue weighted by Crippen LogP contribution is -2.30. The number of carboxylic acids is 1. The molecule has 0 bridgehead atoms. The van der Waals surface area contributed by atoms with Crippen LogP contribution in [0.4, 0.5) is 0 Å². The SMILES string of the molecule is O=C(O)[C@@H]1CN(C(=O)c2ccnc(OC3CCOC3)c2)C[C@@H]1c1ccccc1. The van der Waals surface area contributed by atoms with E-state index in [0.717, 1.165) is 12.0 Å². The number of amides is 1. The quantitative estimate of drug-likeness (QED) is 0.853. The summed E-state index contributed by atoms with van der Waals surface area (Å²) in [5.74, 6) is -1.56. The number of hydrogen-bond donors (Lipinski definition) is 1. The third-order valence-electron chi connectivity index (χ3n) is 5.31. The highest BCUT2D eigenvalue weighted by Crippen LogP contribution is 2.33. The molecule has 4 rings (SSSR count). The fourth-order valence-corrected chi connectivity index (χ4v) is 3.82. The van der Waals surface area contributed by atoms with E-state index >= 15 is 0 Å². The molecule has 0 spiro atoms. The molecule has 3 heterocycles. The zero-order valence-electron chi connectivity index (χ0n) is 15.4. The molecule has 2 aromatic rings. The molecule has 2 saturated heterocycles. The predicted molar refractivity (Wildman–Crippen MR) is 100 cm³/mol. The Labute approximate surface area is 162 Å². The summed E-state index contributed by atoms with van der Waals surface area (Å²) in [6.07, 6.45) is 2.28. The van der Waals surface area contributed by atoms with Crippen molar-refractivity contribution < 1.29 is 24.2 Å². The summed E-state index contributed by atoms with van der Waals surface area (Å²) in [5, 5.41) is 9.64. The van der Waals surface area contributed by atoms with Crippen LogP contribution in [0.2, 0.25) is 0 Å². The summed E-state index contributed by atoms with van der Waals surface area (Å²) >= 11 is 0. The molecule has 28 heavy (non-hydrogen) atoms. The van der Waals surface area contributed by atoms with Crippen LogP contribution >= 0.6 is 0 Å². The molecule has 1 amide bonds. The number of likely N-dealkylation sites (tertiary alicyclic amines) is 1. The van der Waals surface area contributed by atoms with E-state index < -0.39 is 11.9 Å². The fraction of sp³-hybridized carbons (Fsp3) is 0.381. The minimum absolute atomic E-state index is 0.0523. The topological polar surface area (TPSA) is 89.0 Å². The maximum Gasteiger partial charge on any atom is 0.308 e. The first-order chi connectivity index (χ1) is 13.6. The van der Waals surface area contributed by atoms with Crippen molar-refractivity contribution in [1.82, 2.24) is 9.88 Å². The number of benzene rings is 1. The lowest BCUT2D eigenvalue weighted by atomic mass is 9.89. The molecular weight excluding hydrogens is 360 g/mol. The predicted octanol–water partition coefficient (Wildman–Crippen LogP) is 2.19. The van der Waals surface area contributed by atoms with E-state index in [1.165, 1.54) is 6.20 Å². The second-order valence-electron chi connectivity index (χ2n) is 7.16. The molecular formula is C21H22N2O5. The number of hydrogen-bond acceptors (Lipinski definition) is 5. The third-order valence-corrected chi connectivity index (χ3v) is 5.31. The van der Waals surface area contributed by atoms with Crippen LogP contribution in [0.15, 0.2) is 48.7 Å². The highest BCUT2D eigenvalue weighted by molar-refractivity contribution is 5.95. The van der Waals surface area contributed by atoms with Gasteiger partial charge in [-0.3, -0.25) is 9.59 Å². The molecule has 0 aliphatic carbocycles. The van der Waals surface area contributed by atoms with Crippen molar-refractivity contribution in [2.45, 2.75) is 18.4 Å². The van der Waals surface area contributed by atoms with E-state index in [2.05, 4.69) is 4.98 Å². The fourth-order valence-electron chi connectivity index (χ4n) is 3.82. The van der Waals surface area contributed by atoms with Gasteiger partial charge in [-0.1, -0.05) is 30.3 Å². The summed E-state index contributed by atoms with van der Waals surface area (Å²) in [7, 11) is 0. The Morgan fingerprint density at radius 2 is 2.00 bits per heavy atom. The summed E-state index contributed by atoms with van der Waals surface area (Å²) in [4.78, 5) is 30.5. The number of carboxylic acid groups (broad SMARTS) is 1. The van der Waals surface area contributed by atoms with Crippen LogP contribution in [0.25, 0.3) is 0 Å². The van der Waals surface area contributed by atoms with Gasteiger partial charge in [-0.15, -0.1) is 0 Å². The van der Waals surface area contributed by atoms with E-state index in [1.807, 2.05) is 30.3 Å². The standard InChI is InChI=1S/C21H22N2O5/c24-20(15-6-8-22-19(10-15)28-16-7-9-27-13-16)23-11-17(18(12-23)21(25)26)14-4-2-1-3-5-14/h1-6,8,10,16-18H,7,9,11-13H2,(H,25,26)/t16?,17-,18-/m1/s1. The number of carbonyl (C=O) groups is 2. The first-order valence-corrected chi connectivity index (χ1v) is 9.39. The van der Waals surface area contributed by atoms with Gasteiger partial charge in [-0.2, -0.15) is 0 Å². The lowest BCUT2D eigenvalue weighted by Gasteiger charge is -2.17. The van der Waals surface area contributed by atoms with Gasteiger partial charge in [0.2, 0.25) is 5.88 Å². The van der Waals surface area contributed by atoms with Gasteiger partial charge in [-0.25, -0.2) is 4.98 Å². The number of pyridine rings is 1. The molecule has 2 aliphatic heterocycles. The molecule has 7 heteroatoms. The normalized spacial score (nSPS) is 24.3. The molecule has 146 valence electrons. The molecule has 2 fully saturated rings. The monoisotopic (exact) mass is 382 g/mol. The van der Waals surface area contributed by atoms with Crippen LogP contribution in [0.5, 0.6) is 5.88 Å². The van der Waals surface area contributed by atoms with Crippen molar-refractivity contribution in [3.63, 3.8) is 0 Å². The van der Waals surface area contributed by atoms with E-state index in [9.17, 15) is 14.7 Å². The largest absolute Gasteiger partial charge is 0.481 e. The molecule has 1 unspecified atom stereocenters. The Balaban J connectivity index is 1.51. The maximum atomic E-state index is 13.0. The van der Waals surface area contributed by atoms with Gasteiger partial charge in [0.15, 0.2) is 0 Å². The van der Waals surface area contributed by atoms with Crippen LogP contribution in [0.1, 0.15) is 28.3 Å². The van der Waals surface area contributed by atoms with Gasteiger partial charge < -0.3 is 19.5 Å². The molecule has 7 nitrogen and oxygen atoms in total. The van der Waals surface area contributed by atoms with Crippen molar-refractivity contribution in [3.8, 4) is 5.88 Å². The molecule has 1 aromatic heterocycles. The molecule has 1 N–H and O–H groups in total. The Morgan fingerprint density at radius 3 is 2.71 bits per heavy atom. The van der Waals surface area contributed by atoms with Gasteiger partial charge in [-0.05, 0) is 11.6 Å². The first-order valence-electron chi connectivity index (χ1n) is 9.39. The average molecular weight is 382 g/mol. The molecule has 1 aromatic carbocycles. The van der Waals surface area contributed by atoms with Crippen LogP contribution in [0.3, 0.4) is 0 Å². The average Bonchev–Trinajstić information content (AvgIpc) is 3.38. The van der Waals surface area contributed by atoms with E-state index in [-0.39, 0.29) is 24.5 Å². The second kappa shape index (κ2) is 7.98. The molecule has 2 aliphatic rings. The zero-order chi connectivity index (χ0) is 19.5. The Bertz CT molecular complexity index is 851. The van der Waals surface area contributed by atoms with Gasteiger partial charge >= 0.3 is 5.97 Å². The van der Waals surface area contributed by atoms with Crippen LogP contribution in [-0.4, -0.2) is 59.3 Å². The summed E-state index contributed by atoms with van der Waals surface area (Å²) < 4.78 is 11.1. The van der Waals surface area contributed by atoms with Crippen molar-refractivity contribution in [3.05, 3.63) is 59.8 Å². The van der Waals surface area contributed by atoms with Crippen LogP contribution in [0, 0.1) is 5.92 Å². The number of aromatic nitrogens is 1. The van der Waals surface area contributed by atoms with E-state index in [4.69, 9.17) is 9.47 Å². The van der Waals surface area contributed by atoms with Crippen LogP contribution < -0.4 is 4.74 Å². The number of ether oxygens (including phenoxy) is 2. The van der Waals surface area contributed by atoms with Crippen LogP contribution in [-0.2, 0) is 9.53 Å². The number of carbonyl (C=O) groups excluding carboxylic acids is 1. The maximum absolute atomic E-state index is 13.0. The van der Waals surface area contributed by atoms with Gasteiger partial charge in [0.05, 0.1) is 19.1 Å². The second-order valence-corrected chi connectivity index (χ2v) is 7.16. The van der Waals surface area contributed by atoms with Crippen molar-refractivity contribution in [2.24, 2.45) is 5.92 Å². The Hall–Kier alpha value is -2.93. The van der Waals surface area contributed by atoms with Gasteiger partial charge in [0, 0.05) is 43.3 Å². The zero-order valence-corrected chi connectivity index (χ0v) is 15.4. The summed E-state index contributed by atoms with van der Waals surface area (Å²) in [6.45, 7) is 1.73. The van der Waals surface area contributed by atoms with Crippen molar-refractivity contribution in [2.75, 3.05) is 26.3 Å². The molecule has 3 atom stereocenters. The smallest absolute Gasteiger partial charge is 0.308 e.